The number of hydrogen-bond donors (Lipinski definition) is 3. The largest absolute Gasteiger partial charge is 0.479 e. The summed E-state index contributed by atoms with van der Waals surface area (Å²) in [6.07, 6.45) is 74.6. The van der Waals surface area contributed by atoms with Crippen molar-refractivity contribution in [3.63, 3.8) is 0 Å². The number of aliphatic hydroxyl groups excluding tert-OH is 2. The number of unbranched alkanes of at least 4 members (excludes halogenated alkanes) is 10. The molecule has 12 nitrogen and oxygen atoms in total. The Morgan fingerprint density at radius 1 is 0.388 bits per heavy atom. The summed E-state index contributed by atoms with van der Waals surface area (Å²) >= 11 is 0. The van der Waals surface area contributed by atoms with E-state index in [1.807, 2.05) is 12.2 Å². The van der Waals surface area contributed by atoms with Crippen LogP contribution < -0.4 is 0 Å². The normalized spacial score (nSPS) is 18.6. The molecule has 0 spiro atoms. The number of carbonyl (C=O) groups is 4. The van der Waals surface area contributed by atoms with Crippen molar-refractivity contribution in [3.8, 4) is 0 Å². The summed E-state index contributed by atoms with van der Waals surface area (Å²) < 4.78 is 28.4. The molecule has 1 aliphatic heterocycles. The number of allylic oxidation sites excluding steroid dienone is 28. The summed E-state index contributed by atoms with van der Waals surface area (Å²) in [4.78, 5) is 51.3. The highest BCUT2D eigenvalue weighted by Gasteiger charge is 2.50. The summed E-state index contributed by atoms with van der Waals surface area (Å²) in [6, 6.07) is 0. The predicted molar refractivity (Wildman–Crippen MR) is 348 cm³/mol. The lowest BCUT2D eigenvalue weighted by molar-refractivity contribution is -0.301. The Morgan fingerprint density at radius 2 is 0.729 bits per heavy atom. The second-order valence-corrected chi connectivity index (χ2v) is 20.9. The maximum atomic E-state index is 13.2. The SMILES string of the molecule is CC/C=C\C/C=C\C/C=C\C/C=C\C/C=C\C/C=C\CCC(=O)OCC(COC1OC(C(=O)O)C(O)C(O)C1OC(=O)CCCCC/C=C\C/C=C\C/C=C\C/C=C\C/C=C\CC)OC(=O)CCCCCCCCC/C=C\C/C=C\C/C=C\CC. The third-order valence-electron chi connectivity index (χ3n) is 13.3. The smallest absolute Gasteiger partial charge is 0.335 e. The van der Waals surface area contributed by atoms with Gasteiger partial charge in [-0.05, 0) is 135 Å². The van der Waals surface area contributed by atoms with Crippen LogP contribution in [0.4, 0.5) is 0 Å². The second-order valence-electron chi connectivity index (χ2n) is 20.9. The van der Waals surface area contributed by atoms with Crippen LogP contribution in [0.5, 0.6) is 0 Å². The molecule has 3 N–H and O–H groups in total. The molecule has 0 aliphatic carbocycles. The quantitative estimate of drug-likeness (QED) is 0.0228. The first kappa shape index (κ1) is 77.1. The van der Waals surface area contributed by atoms with E-state index in [9.17, 15) is 34.5 Å². The van der Waals surface area contributed by atoms with E-state index in [1.165, 1.54) is 0 Å². The molecule has 1 saturated heterocycles. The number of carboxylic acids is 1. The maximum absolute atomic E-state index is 13.2. The molecule has 6 atom stereocenters. The van der Waals surface area contributed by atoms with Gasteiger partial charge in [-0.15, -0.1) is 0 Å². The van der Waals surface area contributed by atoms with Crippen molar-refractivity contribution in [3.05, 3.63) is 170 Å². The van der Waals surface area contributed by atoms with Crippen LogP contribution >= 0.6 is 0 Å². The lowest BCUT2D eigenvalue weighted by Gasteiger charge is -2.40. The number of carboxylic acid groups (broad SMARTS) is 1. The monoisotopic (exact) mass is 1180 g/mol. The van der Waals surface area contributed by atoms with Gasteiger partial charge in [0.2, 0.25) is 0 Å². The number of carbonyl (C=O) groups excluding carboxylic acids is 3. The predicted octanol–water partition coefficient (Wildman–Crippen LogP) is 17.5. The van der Waals surface area contributed by atoms with E-state index >= 15 is 0 Å². The fraction of sp³-hybridized carbons (Fsp3) is 0.562. The first-order valence-electron chi connectivity index (χ1n) is 32.1. The number of aliphatic carboxylic acids is 1. The zero-order valence-electron chi connectivity index (χ0n) is 52.3. The van der Waals surface area contributed by atoms with Crippen LogP contribution in [-0.2, 0) is 42.9 Å². The standard InChI is InChI=1S/C73H110O12/c1-4-7-10-13-16-19-22-25-28-31-33-36-38-41-44-47-50-53-56-59-65(74)81-62-64(83-66(75)60-57-54-51-48-45-42-39-35-30-27-24-21-18-15-12-9-6-3)63-82-73-71(69(78)68(77)70(85-73)72(79)80)84-67(76)61-58-55-52-49-46-43-40-37-34-32-29-26-23-20-17-14-11-8-5-2/h7-12,16-21,25-30,33-34,36-37,41,43-44,46,50,53,64,68-71,73,77-78H,4-6,13-15,22-24,31-32,35,38-40,42,45,47-49,51-52,54-63H2,1-3H3,(H,79,80)/b10-7-,11-8-,12-9-,19-16-,20-17-,21-18-,28-25-,29-26-,30-27-,36-33-,37-34-,44-41-,46-43-,53-50-. The molecule has 0 amide bonds. The Kier molecular flexibility index (Phi) is 53.0. The highest BCUT2D eigenvalue weighted by atomic mass is 16.7. The van der Waals surface area contributed by atoms with E-state index in [4.69, 9.17) is 23.7 Å². The van der Waals surface area contributed by atoms with Gasteiger partial charge in [-0.25, -0.2) is 4.79 Å². The van der Waals surface area contributed by atoms with Crippen molar-refractivity contribution in [2.24, 2.45) is 0 Å². The number of aliphatic hydroxyl groups is 2. The maximum Gasteiger partial charge on any atom is 0.335 e. The van der Waals surface area contributed by atoms with Crippen LogP contribution in [0, 0.1) is 0 Å². The van der Waals surface area contributed by atoms with E-state index in [0.29, 0.717) is 25.7 Å². The molecule has 0 aromatic heterocycles. The van der Waals surface area contributed by atoms with Gasteiger partial charge in [0.25, 0.3) is 0 Å². The number of esters is 3. The molecule has 474 valence electrons. The average Bonchev–Trinajstić information content (AvgIpc) is 3.51. The van der Waals surface area contributed by atoms with Gasteiger partial charge in [-0.3, -0.25) is 14.4 Å². The van der Waals surface area contributed by atoms with Crippen LogP contribution in [0.1, 0.15) is 213 Å². The molecule has 1 heterocycles. The molecule has 85 heavy (non-hydrogen) atoms. The van der Waals surface area contributed by atoms with Crippen LogP contribution in [0.15, 0.2) is 170 Å². The van der Waals surface area contributed by atoms with Gasteiger partial charge in [0.05, 0.1) is 6.61 Å². The van der Waals surface area contributed by atoms with Gasteiger partial charge in [-0.1, -0.05) is 229 Å². The molecule has 12 heteroatoms. The van der Waals surface area contributed by atoms with Crippen molar-refractivity contribution in [1.82, 2.24) is 0 Å². The van der Waals surface area contributed by atoms with E-state index in [1.54, 1.807) is 0 Å². The van der Waals surface area contributed by atoms with Crippen LogP contribution in [0.25, 0.3) is 0 Å². The summed E-state index contributed by atoms with van der Waals surface area (Å²) in [7, 11) is 0. The summed E-state index contributed by atoms with van der Waals surface area (Å²) in [6.45, 7) is 5.56. The Balaban J connectivity index is 2.75. The highest BCUT2D eigenvalue weighted by Crippen LogP contribution is 2.26. The third kappa shape index (κ3) is 48.0. The Hall–Kier alpha value is -5.92. The molecular weight excluding hydrogens is 1070 g/mol. The molecule has 0 aromatic rings. The number of ether oxygens (including phenoxy) is 5. The molecule has 1 aliphatic rings. The number of rotatable bonds is 52. The zero-order chi connectivity index (χ0) is 61.7. The lowest BCUT2D eigenvalue weighted by Crippen LogP contribution is -2.61. The molecule has 1 rings (SSSR count). The van der Waals surface area contributed by atoms with Crippen molar-refractivity contribution < 1.29 is 58.2 Å². The first-order chi connectivity index (χ1) is 41.6. The zero-order valence-corrected chi connectivity index (χ0v) is 52.3. The lowest BCUT2D eigenvalue weighted by atomic mass is 9.98. The van der Waals surface area contributed by atoms with Crippen molar-refractivity contribution in [2.75, 3.05) is 13.2 Å². The van der Waals surface area contributed by atoms with Gasteiger partial charge in [0.15, 0.2) is 24.6 Å². The molecule has 1 fully saturated rings. The summed E-state index contributed by atoms with van der Waals surface area (Å²) in [5.41, 5.74) is 0. The minimum atomic E-state index is -1.94. The Labute approximate surface area is 513 Å². The van der Waals surface area contributed by atoms with Crippen molar-refractivity contribution >= 4 is 23.9 Å². The average molecular weight is 1180 g/mol. The van der Waals surface area contributed by atoms with Crippen molar-refractivity contribution in [2.45, 2.75) is 250 Å². The van der Waals surface area contributed by atoms with Gasteiger partial charge < -0.3 is 39.0 Å². The first-order valence-corrected chi connectivity index (χ1v) is 32.1. The Bertz CT molecular complexity index is 2130. The molecule has 6 unspecified atom stereocenters. The van der Waals surface area contributed by atoms with E-state index in [0.717, 1.165) is 148 Å². The Morgan fingerprint density at radius 3 is 1.13 bits per heavy atom. The van der Waals surface area contributed by atoms with Crippen LogP contribution in [-0.4, -0.2) is 89.2 Å². The molecule has 0 bridgehead atoms. The van der Waals surface area contributed by atoms with Gasteiger partial charge >= 0.3 is 23.9 Å². The molecule has 0 saturated carbocycles. The number of hydrogen-bond acceptors (Lipinski definition) is 11. The fourth-order valence-corrected chi connectivity index (χ4v) is 8.49. The minimum absolute atomic E-state index is 0.00253. The van der Waals surface area contributed by atoms with Crippen LogP contribution in [0.3, 0.4) is 0 Å². The summed E-state index contributed by atoms with van der Waals surface area (Å²) in [5.74, 6) is -3.32. The van der Waals surface area contributed by atoms with E-state index < -0.39 is 67.3 Å². The topological polar surface area (TPSA) is 175 Å². The highest BCUT2D eigenvalue weighted by molar-refractivity contribution is 5.74. The second kappa shape index (κ2) is 58.5. The fourth-order valence-electron chi connectivity index (χ4n) is 8.49. The molecular formula is C73H110O12. The molecule has 0 radical (unpaired) electrons. The van der Waals surface area contributed by atoms with Gasteiger partial charge in [0, 0.05) is 19.3 Å². The van der Waals surface area contributed by atoms with Crippen LogP contribution in [0.2, 0.25) is 0 Å². The molecule has 0 aromatic carbocycles. The third-order valence-corrected chi connectivity index (χ3v) is 13.3. The van der Waals surface area contributed by atoms with Crippen molar-refractivity contribution in [1.29, 1.82) is 0 Å². The minimum Gasteiger partial charge on any atom is -0.479 e. The summed E-state index contributed by atoms with van der Waals surface area (Å²) in [5, 5.41) is 31.6. The van der Waals surface area contributed by atoms with E-state index in [-0.39, 0.29) is 25.9 Å². The van der Waals surface area contributed by atoms with Gasteiger partial charge in [0.1, 0.15) is 18.8 Å². The van der Waals surface area contributed by atoms with Gasteiger partial charge in [-0.2, -0.15) is 0 Å². The van der Waals surface area contributed by atoms with E-state index in [2.05, 4.69) is 179 Å².